The highest BCUT2D eigenvalue weighted by Gasteiger charge is 2.31. The zero-order chi connectivity index (χ0) is 28.2. The predicted octanol–water partition coefficient (Wildman–Crippen LogP) is 5.54. The molecule has 0 amide bonds. The Morgan fingerprint density at radius 1 is 1.00 bits per heavy atom. The van der Waals surface area contributed by atoms with Crippen molar-refractivity contribution in [1.82, 2.24) is 14.9 Å². The summed E-state index contributed by atoms with van der Waals surface area (Å²) in [5.41, 5.74) is 9.78. The van der Waals surface area contributed by atoms with Crippen molar-refractivity contribution in [2.75, 3.05) is 13.2 Å². The van der Waals surface area contributed by atoms with Crippen LogP contribution in [0.5, 0.6) is 11.5 Å². The molecule has 7 heteroatoms. The fourth-order valence-corrected chi connectivity index (χ4v) is 5.96. The van der Waals surface area contributed by atoms with Crippen LogP contribution in [-0.4, -0.2) is 39.2 Å². The van der Waals surface area contributed by atoms with E-state index in [9.17, 15) is 10.4 Å². The van der Waals surface area contributed by atoms with E-state index in [1.807, 2.05) is 30.6 Å². The molecule has 0 radical (unpaired) electrons. The van der Waals surface area contributed by atoms with Crippen molar-refractivity contribution in [2.45, 2.75) is 58.4 Å². The number of rotatable bonds is 10. The number of hydrogen-bond acceptors (Lipinski definition) is 7. The first-order valence-electron chi connectivity index (χ1n) is 14.3. The number of nitrogens with zero attached hydrogens (tertiary/aromatic N) is 4. The third-order valence-corrected chi connectivity index (χ3v) is 8.42. The largest absolute Gasteiger partial charge is 0.488 e. The number of aliphatic hydroxyl groups excluding tert-OH is 1. The van der Waals surface area contributed by atoms with Gasteiger partial charge in [0.05, 0.1) is 12.2 Å². The normalized spacial score (nSPS) is 16.1. The van der Waals surface area contributed by atoms with Crippen molar-refractivity contribution in [1.29, 1.82) is 5.26 Å². The van der Waals surface area contributed by atoms with Crippen LogP contribution in [0.2, 0.25) is 0 Å². The fourth-order valence-electron chi connectivity index (χ4n) is 5.96. The van der Waals surface area contributed by atoms with Crippen LogP contribution in [0.3, 0.4) is 0 Å². The summed E-state index contributed by atoms with van der Waals surface area (Å²) in [6.45, 7) is 4.80. The second kappa shape index (κ2) is 12.1. The summed E-state index contributed by atoms with van der Waals surface area (Å²) in [5, 5.41) is 19.1. The van der Waals surface area contributed by atoms with E-state index >= 15 is 0 Å². The quantitative estimate of drug-likeness (QED) is 0.279. The number of nitriles is 1. The average molecular weight is 547 g/mol. The number of fused-ring (bicyclic) bond motifs is 1. The molecule has 1 fully saturated rings. The van der Waals surface area contributed by atoms with Crippen molar-refractivity contribution in [3.8, 4) is 28.7 Å². The smallest absolute Gasteiger partial charge is 0.128 e. The van der Waals surface area contributed by atoms with Crippen LogP contribution in [0, 0.1) is 18.3 Å². The van der Waals surface area contributed by atoms with Crippen LogP contribution in [0.15, 0.2) is 67.3 Å². The SMILES string of the molecule is Cc1c(COc2cc(OCc3cncc(C#N)c3)c(CN3CCC3CO)c3c2CCC3)cccc1-c1ccncc1. The Morgan fingerprint density at radius 3 is 2.61 bits per heavy atom. The van der Waals surface area contributed by atoms with Gasteiger partial charge < -0.3 is 14.6 Å². The van der Waals surface area contributed by atoms with Crippen molar-refractivity contribution in [3.63, 3.8) is 0 Å². The number of benzene rings is 2. The number of pyridine rings is 2. The monoisotopic (exact) mass is 546 g/mol. The molecule has 2 aromatic heterocycles. The lowest BCUT2D eigenvalue weighted by Gasteiger charge is -2.40. The molecule has 2 aliphatic rings. The summed E-state index contributed by atoms with van der Waals surface area (Å²) < 4.78 is 13.0. The van der Waals surface area contributed by atoms with Gasteiger partial charge >= 0.3 is 0 Å². The first kappa shape index (κ1) is 26.9. The molecule has 7 nitrogen and oxygen atoms in total. The number of aromatic nitrogens is 2. The minimum absolute atomic E-state index is 0.171. The van der Waals surface area contributed by atoms with Crippen LogP contribution < -0.4 is 9.47 Å². The average Bonchev–Trinajstić information content (AvgIpc) is 3.49. The molecular weight excluding hydrogens is 512 g/mol. The summed E-state index contributed by atoms with van der Waals surface area (Å²) in [4.78, 5) is 10.7. The number of hydrogen-bond donors (Lipinski definition) is 1. The Balaban J connectivity index is 1.30. The highest BCUT2D eigenvalue weighted by Crippen LogP contribution is 2.41. The molecule has 1 unspecified atom stereocenters. The maximum absolute atomic E-state index is 9.81. The van der Waals surface area contributed by atoms with Gasteiger partial charge in [0.1, 0.15) is 30.8 Å². The molecule has 3 heterocycles. The molecule has 1 saturated heterocycles. The van der Waals surface area contributed by atoms with Crippen LogP contribution in [0.1, 0.15) is 51.8 Å². The van der Waals surface area contributed by atoms with E-state index in [-0.39, 0.29) is 12.6 Å². The van der Waals surface area contributed by atoms with Gasteiger partial charge in [-0.25, -0.2) is 0 Å². The van der Waals surface area contributed by atoms with Crippen molar-refractivity contribution in [2.24, 2.45) is 0 Å². The summed E-state index contributed by atoms with van der Waals surface area (Å²) in [7, 11) is 0. The minimum atomic E-state index is 0.171. The lowest BCUT2D eigenvalue weighted by molar-refractivity contribution is 0.0346. The van der Waals surface area contributed by atoms with E-state index < -0.39 is 0 Å². The Hall–Kier alpha value is -4.25. The van der Waals surface area contributed by atoms with Gasteiger partial charge in [0.2, 0.25) is 0 Å². The Morgan fingerprint density at radius 2 is 1.83 bits per heavy atom. The molecule has 1 atom stereocenters. The van der Waals surface area contributed by atoms with Crippen LogP contribution in [0.4, 0.5) is 0 Å². The third-order valence-electron chi connectivity index (χ3n) is 8.42. The van der Waals surface area contributed by atoms with Gasteiger partial charge in [-0.15, -0.1) is 0 Å². The van der Waals surface area contributed by atoms with Crippen molar-refractivity contribution < 1.29 is 14.6 Å². The standard InChI is InChI=1S/C34H34N4O3/c1-23-27(4-2-5-29(23)26-8-11-36-12-9-26)22-41-33-15-34(40-21-25-14-24(16-35)17-37-18-25)32(30-6-3-7-31(30)33)19-38-13-10-28(38)20-39/h2,4-5,8-9,11-12,14-15,17-18,28,39H,3,6-7,10,13,19-22H2,1H3. The number of likely N-dealkylation sites (tertiary alicyclic amines) is 1. The molecule has 41 heavy (non-hydrogen) atoms. The van der Waals surface area contributed by atoms with Crippen LogP contribution in [-0.2, 0) is 32.6 Å². The summed E-state index contributed by atoms with van der Waals surface area (Å²) in [6, 6.07) is 16.6. The van der Waals surface area contributed by atoms with E-state index in [0.29, 0.717) is 18.8 Å². The van der Waals surface area contributed by atoms with Gasteiger partial charge in [0.15, 0.2) is 0 Å². The molecule has 1 aliphatic heterocycles. The Kier molecular flexibility index (Phi) is 7.95. The van der Waals surface area contributed by atoms with Gasteiger partial charge in [-0.05, 0) is 84.2 Å². The maximum atomic E-state index is 9.81. The topological polar surface area (TPSA) is 91.5 Å². The second-order valence-electron chi connectivity index (χ2n) is 10.9. The Bertz CT molecular complexity index is 1580. The van der Waals surface area contributed by atoms with Crippen molar-refractivity contribution >= 4 is 0 Å². The molecule has 1 N–H and O–H groups in total. The number of aliphatic hydroxyl groups is 1. The summed E-state index contributed by atoms with van der Waals surface area (Å²) in [5.74, 6) is 1.67. The number of ether oxygens (including phenoxy) is 2. The maximum Gasteiger partial charge on any atom is 0.128 e. The zero-order valence-corrected chi connectivity index (χ0v) is 23.3. The lowest BCUT2D eigenvalue weighted by atomic mass is 9.96. The molecule has 6 rings (SSSR count). The molecule has 4 aromatic rings. The molecule has 0 bridgehead atoms. The van der Waals surface area contributed by atoms with Crippen LogP contribution >= 0.6 is 0 Å². The summed E-state index contributed by atoms with van der Waals surface area (Å²) >= 11 is 0. The molecule has 208 valence electrons. The van der Waals surface area contributed by atoms with E-state index in [1.165, 1.54) is 27.8 Å². The third kappa shape index (κ3) is 5.67. The molecule has 0 spiro atoms. The molecular formula is C34H34N4O3. The Labute approximate surface area is 241 Å². The summed E-state index contributed by atoms with van der Waals surface area (Å²) in [6.07, 6.45) is 11.0. The van der Waals surface area contributed by atoms with Gasteiger partial charge in [0.25, 0.3) is 0 Å². The van der Waals surface area contributed by atoms with E-state index in [4.69, 9.17) is 9.47 Å². The predicted molar refractivity (Wildman–Crippen MR) is 156 cm³/mol. The van der Waals surface area contributed by atoms with Gasteiger partial charge in [-0.1, -0.05) is 18.2 Å². The first-order chi connectivity index (χ1) is 20.1. The van der Waals surface area contributed by atoms with Crippen molar-refractivity contribution in [3.05, 3.63) is 106 Å². The molecule has 2 aromatic carbocycles. The molecule has 1 aliphatic carbocycles. The van der Waals surface area contributed by atoms with Crippen LogP contribution in [0.25, 0.3) is 11.1 Å². The first-order valence-corrected chi connectivity index (χ1v) is 14.3. The van der Waals surface area contributed by atoms with E-state index in [1.54, 1.807) is 12.4 Å². The van der Waals surface area contributed by atoms with Gasteiger partial charge in [-0.2, -0.15) is 5.26 Å². The van der Waals surface area contributed by atoms with Gasteiger partial charge in [-0.3, -0.25) is 14.9 Å². The zero-order valence-electron chi connectivity index (χ0n) is 23.3. The lowest BCUT2D eigenvalue weighted by Crippen LogP contribution is -2.49. The minimum Gasteiger partial charge on any atom is -0.488 e. The van der Waals surface area contributed by atoms with Gasteiger partial charge in [0, 0.05) is 61.1 Å². The fraction of sp³-hybridized carbons (Fsp3) is 0.324. The second-order valence-corrected chi connectivity index (χ2v) is 10.9. The van der Waals surface area contributed by atoms with E-state index in [0.717, 1.165) is 67.0 Å². The molecule has 0 saturated carbocycles. The highest BCUT2D eigenvalue weighted by atomic mass is 16.5. The van der Waals surface area contributed by atoms with E-state index in [2.05, 4.69) is 52.1 Å². The highest BCUT2D eigenvalue weighted by molar-refractivity contribution is 5.68.